The summed E-state index contributed by atoms with van der Waals surface area (Å²) in [7, 11) is 0. The Hall–Kier alpha value is -0.330. The number of rotatable bonds is 3. The molecule has 0 radical (unpaired) electrons. The first-order valence-corrected chi connectivity index (χ1v) is 7.44. The van der Waals surface area contributed by atoms with Crippen LogP contribution in [0.4, 0.5) is 10.1 Å². The van der Waals surface area contributed by atoms with E-state index in [-0.39, 0.29) is 5.82 Å². The number of hydrogen-bond donors (Lipinski definition) is 1. The Labute approximate surface area is 132 Å². The predicted octanol–water partition coefficient (Wildman–Crippen LogP) is 5.46. The predicted molar refractivity (Wildman–Crippen MR) is 85.6 cm³/mol. The summed E-state index contributed by atoms with van der Waals surface area (Å²) >= 11 is 11.4. The highest BCUT2D eigenvalue weighted by Crippen LogP contribution is 2.23. The summed E-state index contributed by atoms with van der Waals surface area (Å²) in [5.41, 5.74) is 1.56. The van der Waals surface area contributed by atoms with E-state index in [9.17, 15) is 4.39 Å². The molecular weight excluding hydrogens is 431 g/mol. The van der Waals surface area contributed by atoms with Crippen molar-refractivity contribution in [3.05, 3.63) is 60.8 Å². The molecule has 1 nitrogen and oxygen atoms in total. The normalized spacial score (nSPS) is 10.4. The molecule has 0 spiro atoms. The fraction of sp³-hybridized carbons (Fsp3) is 0.0769. The number of benzene rings is 2. The van der Waals surface area contributed by atoms with Crippen molar-refractivity contribution in [1.29, 1.82) is 0 Å². The van der Waals surface area contributed by atoms with Crippen LogP contribution in [-0.4, -0.2) is 0 Å². The van der Waals surface area contributed by atoms with Crippen LogP contribution in [-0.2, 0) is 6.54 Å². The lowest BCUT2D eigenvalue weighted by atomic mass is 10.2. The Kier molecular flexibility index (Phi) is 4.86. The monoisotopic (exact) mass is 439 g/mol. The first kappa shape index (κ1) is 14.1. The Bertz CT molecular complexity index is 577. The molecule has 2 aromatic rings. The van der Waals surface area contributed by atoms with Crippen molar-refractivity contribution < 1.29 is 4.39 Å². The Morgan fingerprint density at radius 2 is 2.00 bits per heavy atom. The molecule has 18 heavy (non-hydrogen) atoms. The van der Waals surface area contributed by atoms with Crippen molar-refractivity contribution in [3.8, 4) is 0 Å². The van der Waals surface area contributed by atoms with Gasteiger partial charge >= 0.3 is 0 Å². The molecule has 2 aromatic carbocycles. The standard InChI is InChI=1S/C13H9BrClFIN/c14-9-1-3-11(16)8(5-9)7-18-13-4-2-10(15)6-12(13)17/h1-6,18H,7H2. The molecule has 0 aliphatic heterocycles. The molecule has 0 aliphatic rings. The van der Waals surface area contributed by atoms with E-state index in [0.717, 1.165) is 13.7 Å². The van der Waals surface area contributed by atoms with Gasteiger partial charge in [-0.1, -0.05) is 27.5 Å². The molecule has 1 N–H and O–H groups in total. The summed E-state index contributed by atoms with van der Waals surface area (Å²) in [6, 6.07) is 10.5. The van der Waals surface area contributed by atoms with Crippen molar-refractivity contribution in [2.24, 2.45) is 0 Å². The van der Waals surface area contributed by atoms with Crippen LogP contribution in [0.3, 0.4) is 0 Å². The SMILES string of the molecule is Fc1ccc(Br)cc1CNc1ccc(Cl)cc1I. The molecular formula is C13H9BrClFIN. The molecule has 0 unspecified atom stereocenters. The van der Waals surface area contributed by atoms with Crippen molar-refractivity contribution in [1.82, 2.24) is 0 Å². The lowest BCUT2D eigenvalue weighted by Gasteiger charge is -2.10. The van der Waals surface area contributed by atoms with Crippen LogP contribution in [0.25, 0.3) is 0 Å². The van der Waals surface area contributed by atoms with Gasteiger partial charge in [0.15, 0.2) is 0 Å². The van der Waals surface area contributed by atoms with Crippen LogP contribution in [0.15, 0.2) is 40.9 Å². The zero-order valence-corrected chi connectivity index (χ0v) is 13.7. The number of nitrogens with one attached hydrogen (secondary N) is 1. The van der Waals surface area contributed by atoms with E-state index >= 15 is 0 Å². The number of hydrogen-bond acceptors (Lipinski definition) is 1. The third-order valence-corrected chi connectivity index (χ3v) is 4.03. The largest absolute Gasteiger partial charge is 0.380 e. The van der Waals surface area contributed by atoms with Gasteiger partial charge in [0, 0.05) is 30.9 Å². The van der Waals surface area contributed by atoms with Gasteiger partial charge in [-0.05, 0) is 59.0 Å². The summed E-state index contributed by atoms with van der Waals surface area (Å²) < 4.78 is 15.4. The van der Waals surface area contributed by atoms with E-state index in [4.69, 9.17) is 11.6 Å². The second-order valence-electron chi connectivity index (χ2n) is 3.71. The third kappa shape index (κ3) is 3.59. The van der Waals surface area contributed by atoms with Gasteiger partial charge in [0.1, 0.15) is 5.82 Å². The summed E-state index contributed by atoms with van der Waals surface area (Å²) in [5, 5.41) is 3.89. The lowest BCUT2D eigenvalue weighted by Crippen LogP contribution is -2.03. The van der Waals surface area contributed by atoms with Gasteiger partial charge in [0.05, 0.1) is 0 Å². The molecule has 2 rings (SSSR count). The fourth-order valence-electron chi connectivity index (χ4n) is 1.50. The van der Waals surface area contributed by atoms with Gasteiger partial charge in [-0.15, -0.1) is 0 Å². The van der Waals surface area contributed by atoms with Crippen LogP contribution in [0.2, 0.25) is 5.02 Å². The molecule has 94 valence electrons. The van der Waals surface area contributed by atoms with Gasteiger partial charge in [-0.2, -0.15) is 0 Å². The smallest absolute Gasteiger partial charge is 0.128 e. The topological polar surface area (TPSA) is 12.0 Å². The molecule has 0 saturated carbocycles. The van der Waals surface area contributed by atoms with Crippen molar-refractivity contribution >= 4 is 55.8 Å². The number of anilines is 1. The van der Waals surface area contributed by atoms with E-state index in [1.54, 1.807) is 12.1 Å². The molecule has 0 aromatic heterocycles. The van der Waals surface area contributed by atoms with Crippen LogP contribution in [0.5, 0.6) is 0 Å². The molecule has 0 bridgehead atoms. The summed E-state index contributed by atoms with van der Waals surface area (Å²) in [4.78, 5) is 0. The maximum atomic E-state index is 13.6. The molecule has 0 saturated heterocycles. The fourth-order valence-corrected chi connectivity index (χ4v) is 2.97. The minimum Gasteiger partial charge on any atom is -0.380 e. The lowest BCUT2D eigenvalue weighted by molar-refractivity contribution is 0.612. The van der Waals surface area contributed by atoms with E-state index in [0.29, 0.717) is 17.1 Å². The Morgan fingerprint density at radius 1 is 1.22 bits per heavy atom. The minimum atomic E-state index is -0.213. The first-order valence-electron chi connectivity index (χ1n) is 5.19. The first-order chi connectivity index (χ1) is 8.56. The summed E-state index contributed by atoms with van der Waals surface area (Å²) in [6.45, 7) is 0.433. The van der Waals surface area contributed by atoms with Crippen LogP contribution in [0.1, 0.15) is 5.56 Å². The minimum absolute atomic E-state index is 0.213. The second-order valence-corrected chi connectivity index (χ2v) is 6.23. The summed E-state index contributed by atoms with van der Waals surface area (Å²) in [5.74, 6) is -0.213. The van der Waals surface area contributed by atoms with Gasteiger partial charge in [-0.25, -0.2) is 4.39 Å². The summed E-state index contributed by atoms with van der Waals surface area (Å²) in [6.07, 6.45) is 0. The van der Waals surface area contributed by atoms with Crippen molar-refractivity contribution in [3.63, 3.8) is 0 Å². The highest BCUT2D eigenvalue weighted by Gasteiger charge is 2.04. The van der Waals surface area contributed by atoms with Crippen molar-refractivity contribution in [2.45, 2.75) is 6.54 Å². The van der Waals surface area contributed by atoms with Gasteiger partial charge in [-0.3, -0.25) is 0 Å². The average Bonchev–Trinajstić information content (AvgIpc) is 2.32. The van der Waals surface area contributed by atoms with Gasteiger partial charge in [0.2, 0.25) is 0 Å². The Balaban J connectivity index is 2.13. The van der Waals surface area contributed by atoms with E-state index in [2.05, 4.69) is 43.8 Å². The molecule has 0 aliphatic carbocycles. The highest BCUT2D eigenvalue weighted by atomic mass is 127. The highest BCUT2D eigenvalue weighted by molar-refractivity contribution is 14.1. The maximum Gasteiger partial charge on any atom is 0.128 e. The van der Waals surface area contributed by atoms with E-state index in [1.165, 1.54) is 6.07 Å². The quantitative estimate of drug-likeness (QED) is 0.625. The molecule has 0 heterocycles. The van der Waals surface area contributed by atoms with Gasteiger partial charge in [0.25, 0.3) is 0 Å². The third-order valence-electron chi connectivity index (χ3n) is 2.41. The average molecular weight is 440 g/mol. The molecule has 0 fully saturated rings. The molecule has 0 amide bonds. The van der Waals surface area contributed by atoms with Crippen LogP contribution < -0.4 is 5.32 Å². The van der Waals surface area contributed by atoms with Crippen molar-refractivity contribution in [2.75, 3.05) is 5.32 Å². The zero-order chi connectivity index (χ0) is 13.1. The van der Waals surface area contributed by atoms with E-state index < -0.39 is 0 Å². The van der Waals surface area contributed by atoms with E-state index in [1.807, 2.05) is 18.2 Å². The molecule has 5 heteroatoms. The van der Waals surface area contributed by atoms with Gasteiger partial charge < -0.3 is 5.32 Å². The second kappa shape index (κ2) is 6.21. The maximum absolute atomic E-state index is 13.6. The van der Waals surface area contributed by atoms with Crippen LogP contribution in [0, 0.1) is 9.39 Å². The number of halogens is 4. The zero-order valence-electron chi connectivity index (χ0n) is 9.18. The molecule has 0 atom stereocenters. The van der Waals surface area contributed by atoms with Crippen LogP contribution >= 0.6 is 50.1 Å². The Morgan fingerprint density at radius 3 is 2.72 bits per heavy atom.